The van der Waals surface area contributed by atoms with Crippen LogP contribution in [0.25, 0.3) is 16.7 Å². The number of imidazole rings is 1. The van der Waals surface area contributed by atoms with Crippen molar-refractivity contribution in [3.8, 4) is 0 Å². The van der Waals surface area contributed by atoms with Gasteiger partial charge in [-0.3, -0.25) is 4.79 Å². The second kappa shape index (κ2) is 6.40. The maximum atomic E-state index is 11.9. The Morgan fingerprint density at radius 2 is 2.11 bits per heavy atom. The highest BCUT2D eigenvalue weighted by Crippen LogP contribution is 2.30. The number of fused-ring (bicyclic) bond motifs is 2. The van der Waals surface area contributed by atoms with Crippen LogP contribution in [0.1, 0.15) is 43.9 Å². The number of hydrogen-bond acceptors (Lipinski definition) is 5. The Morgan fingerprint density at radius 3 is 2.89 bits per heavy atom. The summed E-state index contributed by atoms with van der Waals surface area (Å²) in [5.41, 5.74) is 4.66. The Labute approximate surface area is 161 Å². The molecule has 0 radical (unpaired) electrons. The topological polar surface area (TPSA) is 90.0 Å². The average molecular weight is 375 g/mol. The summed E-state index contributed by atoms with van der Waals surface area (Å²) in [6, 6.07) is 10.1. The van der Waals surface area contributed by atoms with E-state index in [-0.39, 0.29) is 11.8 Å². The maximum absolute atomic E-state index is 11.9. The van der Waals surface area contributed by atoms with Crippen molar-refractivity contribution in [2.24, 2.45) is 5.92 Å². The summed E-state index contributed by atoms with van der Waals surface area (Å²) in [6.45, 7) is 4.85. The minimum Gasteiger partial charge on any atom is -0.309 e. The first-order valence-electron chi connectivity index (χ1n) is 9.56. The van der Waals surface area contributed by atoms with Crippen LogP contribution in [0.4, 0.5) is 5.82 Å². The molecule has 1 amide bonds. The van der Waals surface area contributed by atoms with Gasteiger partial charge in [-0.2, -0.15) is 5.10 Å². The summed E-state index contributed by atoms with van der Waals surface area (Å²) in [6.07, 6.45) is 3.67. The van der Waals surface area contributed by atoms with Gasteiger partial charge in [-0.15, -0.1) is 5.10 Å². The third kappa shape index (κ3) is 3.11. The van der Waals surface area contributed by atoms with Gasteiger partial charge in [-0.25, -0.2) is 14.2 Å². The predicted molar refractivity (Wildman–Crippen MR) is 105 cm³/mol. The van der Waals surface area contributed by atoms with Crippen molar-refractivity contribution in [3.63, 3.8) is 0 Å². The quantitative estimate of drug-likeness (QED) is 0.579. The van der Waals surface area contributed by atoms with Gasteiger partial charge >= 0.3 is 0 Å². The van der Waals surface area contributed by atoms with E-state index in [2.05, 4.69) is 51.7 Å². The lowest BCUT2D eigenvalue weighted by atomic mass is 10.0. The van der Waals surface area contributed by atoms with Gasteiger partial charge in [0.2, 0.25) is 5.91 Å². The van der Waals surface area contributed by atoms with Crippen LogP contribution in [0.2, 0.25) is 0 Å². The largest absolute Gasteiger partial charge is 0.309 e. The smallest absolute Gasteiger partial charge is 0.228 e. The number of carbonyl (C=O) groups is 1. The number of hydrogen-bond donors (Lipinski definition) is 1. The third-order valence-corrected chi connectivity index (χ3v) is 5.09. The van der Waals surface area contributed by atoms with Crippen LogP contribution >= 0.6 is 0 Å². The first kappa shape index (κ1) is 16.9. The number of nitrogens with zero attached hydrogens (tertiary/aromatic N) is 6. The Bertz CT molecular complexity index is 1190. The zero-order valence-corrected chi connectivity index (χ0v) is 15.8. The highest BCUT2D eigenvalue weighted by Gasteiger charge is 2.30. The number of nitrogens with one attached hydrogen (secondary N) is 1. The number of anilines is 1. The number of aromatic nitrogens is 6. The van der Waals surface area contributed by atoms with Crippen LogP contribution in [0.15, 0.2) is 36.5 Å². The SMILES string of the molecule is CC(C)c1ccc2nnn(Cc3ccc4nc(NC(=O)C5CC5)cn4n3)c2c1. The van der Waals surface area contributed by atoms with Crippen molar-refractivity contribution in [3.05, 3.63) is 47.8 Å². The van der Waals surface area contributed by atoms with Crippen LogP contribution in [0.5, 0.6) is 0 Å². The molecule has 1 N–H and O–H groups in total. The summed E-state index contributed by atoms with van der Waals surface area (Å²) in [5, 5.41) is 16.0. The van der Waals surface area contributed by atoms with Crippen molar-refractivity contribution in [1.29, 1.82) is 0 Å². The van der Waals surface area contributed by atoms with Gasteiger partial charge in [0.05, 0.1) is 24.0 Å². The number of benzene rings is 1. The maximum Gasteiger partial charge on any atom is 0.228 e. The lowest BCUT2D eigenvalue weighted by Gasteiger charge is -2.06. The van der Waals surface area contributed by atoms with E-state index in [9.17, 15) is 4.79 Å². The van der Waals surface area contributed by atoms with Crippen LogP contribution in [-0.4, -0.2) is 35.5 Å². The Kier molecular flexibility index (Phi) is 3.85. The third-order valence-electron chi connectivity index (χ3n) is 5.09. The van der Waals surface area contributed by atoms with Gasteiger partial charge in [0, 0.05) is 5.92 Å². The fraction of sp³-hybridized carbons (Fsp3) is 0.350. The number of rotatable bonds is 5. The first-order valence-corrected chi connectivity index (χ1v) is 9.56. The van der Waals surface area contributed by atoms with E-state index < -0.39 is 0 Å². The molecule has 0 saturated heterocycles. The minimum absolute atomic E-state index is 0.0404. The van der Waals surface area contributed by atoms with E-state index in [1.807, 2.05) is 22.9 Å². The molecule has 142 valence electrons. The van der Waals surface area contributed by atoms with Crippen molar-refractivity contribution >= 4 is 28.4 Å². The molecule has 0 bridgehead atoms. The molecule has 3 heterocycles. The summed E-state index contributed by atoms with van der Waals surface area (Å²) in [4.78, 5) is 16.3. The van der Waals surface area contributed by atoms with Crippen molar-refractivity contribution < 1.29 is 4.79 Å². The molecule has 1 saturated carbocycles. The van der Waals surface area contributed by atoms with E-state index in [1.165, 1.54) is 5.56 Å². The van der Waals surface area contributed by atoms with Crippen molar-refractivity contribution in [1.82, 2.24) is 29.6 Å². The Hall–Kier alpha value is -3.29. The molecule has 8 heteroatoms. The summed E-state index contributed by atoms with van der Waals surface area (Å²) >= 11 is 0. The molecule has 1 aromatic carbocycles. The molecule has 8 nitrogen and oxygen atoms in total. The van der Waals surface area contributed by atoms with E-state index in [1.54, 1.807) is 10.7 Å². The molecule has 0 unspecified atom stereocenters. The summed E-state index contributed by atoms with van der Waals surface area (Å²) in [5.74, 6) is 1.16. The normalized spacial score (nSPS) is 14.2. The molecule has 0 spiro atoms. The van der Waals surface area contributed by atoms with E-state index in [0.717, 1.165) is 29.6 Å². The van der Waals surface area contributed by atoms with Crippen LogP contribution < -0.4 is 5.32 Å². The summed E-state index contributed by atoms with van der Waals surface area (Å²) in [7, 11) is 0. The lowest BCUT2D eigenvalue weighted by Crippen LogP contribution is -2.13. The van der Waals surface area contributed by atoms with Gasteiger partial charge in [-0.1, -0.05) is 25.1 Å². The molecule has 0 aliphatic heterocycles. The molecule has 28 heavy (non-hydrogen) atoms. The van der Waals surface area contributed by atoms with Crippen LogP contribution in [0, 0.1) is 5.92 Å². The number of amides is 1. The molecule has 0 atom stereocenters. The monoisotopic (exact) mass is 375 g/mol. The van der Waals surface area contributed by atoms with Crippen LogP contribution in [-0.2, 0) is 11.3 Å². The van der Waals surface area contributed by atoms with E-state index in [0.29, 0.717) is 23.9 Å². The highest BCUT2D eigenvalue weighted by atomic mass is 16.2. The fourth-order valence-electron chi connectivity index (χ4n) is 3.25. The predicted octanol–water partition coefficient (Wildman–Crippen LogP) is 2.99. The standard InChI is InChI=1S/C20H21N7O/c1-12(2)14-5-7-16-17(9-14)26(25-23-16)10-15-6-8-19-21-18(11-27(19)24-15)22-20(28)13-3-4-13/h5-9,11-13H,3-4,10H2,1-2H3,(H,22,28). The highest BCUT2D eigenvalue weighted by molar-refractivity contribution is 5.93. The zero-order chi connectivity index (χ0) is 19.3. The van der Waals surface area contributed by atoms with E-state index in [4.69, 9.17) is 0 Å². The van der Waals surface area contributed by atoms with Gasteiger partial charge in [0.1, 0.15) is 5.52 Å². The minimum atomic E-state index is 0.0404. The molecule has 1 fully saturated rings. The molecular weight excluding hydrogens is 354 g/mol. The molecule has 1 aliphatic carbocycles. The van der Waals surface area contributed by atoms with Crippen molar-refractivity contribution in [2.45, 2.75) is 39.2 Å². The zero-order valence-electron chi connectivity index (χ0n) is 15.8. The molecular formula is C20H21N7O. The van der Waals surface area contributed by atoms with E-state index >= 15 is 0 Å². The first-order chi connectivity index (χ1) is 13.6. The Balaban J connectivity index is 1.42. The molecule has 3 aromatic heterocycles. The second-order valence-corrected chi connectivity index (χ2v) is 7.67. The fourth-order valence-corrected chi connectivity index (χ4v) is 3.25. The van der Waals surface area contributed by atoms with Gasteiger partial charge in [-0.05, 0) is 48.6 Å². The molecule has 1 aliphatic rings. The van der Waals surface area contributed by atoms with Gasteiger partial charge in [0.25, 0.3) is 0 Å². The second-order valence-electron chi connectivity index (χ2n) is 7.67. The van der Waals surface area contributed by atoms with Crippen molar-refractivity contribution in [2.75, 3.05) is 5.32 Å². The summed E-state index contributed by atoms with van der Waals surface area (Å²) < 4.78 is 3.55. The molecule has 5 rings (SSSR count). The van der Waals surface area contributed by atoms with Crippen LogP contribution in [0.3, 0.4) is 0 Å². The number of carbonyl (C=O) groups excluding carboxylic acids is 1. The Morgan fingerprint density at radius 1 is 1.25 bits per heavy atom. The van der Waals surface area contributed by atoms with Gasteiger partial charge in [0.15, 0.2) is 11.5 Å². The lowest BCUT2D eigenvalue weighted by molar-refractivity contribution is -0.117. The van der Waals surface area contributed by atoms with Gasteiger partial charge < -0.3 is 5.32 Å². The average Bonchev–Trinajstić information content (AvgIpc) is 3.35. The molecule has 4 aromatic rings.